The molecule has 1 heterocycles. The summed E-state index contributed by atoms with van der Waals surface area (Å²) < 4.78 is 24.2. The van der Waals surface area contributed by atoms with Crippen LogP contribution in [-0.2, 0) is 13.1 Å². The van der Waals surface area contributed by atoms with Crippen LogP contribution < -0.4 is 20.1 Å². The minimum Gasteiger partial charge on any atom is -0.490 e. The van der Waals surface area contributed by atoms with Crippen molar-refractivity contribution >= 4 is 29.9 Å². The number of hydrogen-bond acceptors (Lipinski definition) is 4. The van der Waals surface area contributed by atoms with E-state index in [0.29, 0.717) is 38.1 Å². The molecule has 0 amide bonds. The highest BCUT2D eigenvalue weighted by atomic mass is 127. The van der Waals surface area contributed by atoms with Gasteiger partial charge in [-0.2, -0.15) is 0 Å². The summed E-state index contributed by atoms with van der Waals surface area (Å²) in [6.07, 6.45) is 1.76. The summed E-state index contributed by atoms with van der Waals surface area (Å²) in [4.78, 5) is 8.50. The van der Waals surface area contributed by atoms with Crippen molar-refractivity contribution in [2.75, 3.05) is 20.3 Å². The van der Waals surface area contributed by atoms with Crippen molar-refractivity contribution in [1.29, 1.82) is 0 Å². The Balaban J connectivity index is 0.00000341. The van der Waals surface area contributed by atoms with E-state index in [-0.39, 0.29) is 29.8 Å². The SMILES string of the molecule is CN=C(NCc1ccc(F)cc1)NCc1ccc(OCCOc2ccccc2)nc1.I. The Morgan fingerprint density at radius 1 is 0.871 bits per heavy atom. The Bertz CT molecular complexity index is 923. The molecule has 164 valence electrons. The Morgan fingerprint density at radius 2 is 1.52 bits per heavy atom. The van der Waals surface area contributed by atoms with Gasteiger partial charge < -0.3 is 20.1 Å². The van der Waals surface area contributed by atoms with Crippen LogP contribution in [0.4, 0.5) is 4.39 Å². The third-order valence-electron chi connectivity index (χ3n) is 4.20. The fourth-order valence-electron chi connectivity index (χ4n) is 2.62. The molecule has 31 heavy (non-hydrogen) atoms. The lowest BCUT2D eigenvalue weighted by Crippen LogP contribution is -2.36. The number of benzene rings is 2. The highest BCUT2D eigenvalue weighted by Gasteiger charge is 2.02. The molecule has 0 aliphatic rings. The molecule has 2 aromatic carbocycles. The third-order valence-corrected chi connectivity index (χ3v) is 4.20. The topological polar surface area (TPSA) is 67.8 Å². The Hall–Kier alpha value is -2.88. The van der Waals surface area contributed by atoms with Gasteiger partial charge in [0.15, 0.2) is 5.96 Å². The van der Waals surface area contributed by atoms with Gasteiger partial charge >= 0.3 is 0 Å². The van der Waals surface area contributed by atoms with Crippen molar-refractivity contribution < 1.29 is 13.9 Å². The standard InChI is InChI=1S/C23H25FN4O2.HI/c1-25-23(27-15-18-7-10-20(24)11-8-18)28-17-19-9-12-22(26-16-19)30-14-13-29-21-5-3-2-4-6-21;/h2-12,16H,13-15,17H2,1H3,(H2,25,27,28);1H. The first-order valence-electron chi connectivity index (χ1n) is 9.67. The number of para-hydroxylation sites is 1. The number of guanidine groups is 1. The summed E-state index contributed by atoms with van der Waals surface area (Å²) in [7, 11) is 1.70. The zero-order chi connectivity index (χ0) is 21.0. The average molecular weight is 536 g/mol. The van der Waals surface area contributed by atoms with Gasteiger partial charge in [0.1, 0.15) is 24.8 Å². The average Bonchev–Trinajstić information content (AvgIpc) is 2.79. The van der Waals surface area contributed by atoms with Gasteiger partial charge in [-0.3, -0.25) is 4.99 Å². The van der Waals surface area contributed by atoms with Crippen LogP contribution >= 0.6 is 24.0 Å². The number of halogens is 2. The number of rotatable bonds is 9. The largest absolute Gasteiger partial charge is 0.490 e. The van der Waals surface area contributed by atoms with Crippen LogP contribution in [0.3, 0.4) is 0 Å². The summed E-state index contributed by atoms with van der Waals surface area (Å²) in [5.41, 5.74) is 1.96. The van der Waals surface area contributed by atoms with Crippen molar-refractivity contribution in [3.63, 3.8) is 0 Å². The van der Waals surface area contributed by atoms with E-state index in [9.17, 15) is 4.39 Å². The molecule has 0 aliphatic carbocycles. The monoisotopic (exact) mass is 536 g/mol. The van der Waals surface area contributed by atoms with E-state index in [1.807, 2.05) is 42.5 Å². The molecular weight excluding hydrogens is 510 g/mol. The van der Waals surface area contributed by atoms with Crippen molar-refractivity contribution in [1.82, 2.24) is 15.6 Å². The predicted octanol–water partition coefficient (Wildman–Crippen LogP) is 4.16. The van der Waals surface area contributed by atoms with Gasteiger partial charge in [0, 0.05) is 32.4 Å². The number of ether oxygens (including phenoxy) is 2. The molecule has 0 unspecified atom stereocenters. The van der Waals surface area contributed by atoms with Gasteiger partial charge in [-0.15, -0.1) is 24.0 Å². The first kappa shape index (κ1) is 24.4. The molecule has 6 nitrogen and oxygen atoms in total. The summed E-state index contributed by atoms with van der Waals surface area (Å²) in [6.45, 7) is 1.98. The van der Waals surface area contributed by atoms with Gasteiger partial charge in [-0.25, -0.2) is 9.37 Å². The van der Waals surface area contributed by atoms with Crippen LogP contribution in [0.2, 0.25) is 0 Å². The zero-order valence-corrected chi connectivity index (χ0v) is 19.6. The van der Waals surface area contributed by atoms with Gasteiger partial charge in [0.05, 0.1) is 0 Å². The van der Waals surface area contributed by atoms with E-state index in [4.69, 9.17) is 9.47 Å². The molecule has 0 atom stereocenters. The van der Waals surface area contributed by atoms with Gasteiger partial charge in [-0.1, -0.05) is 36.4 Å². The van der Waals surface area contributed by atoms with Gasteiger partial charge in [0.25, 0.3) is 0 Å². The molecule has 1 aromatic heterocycles. The molecular formula is C23H26FIN4O2. The molecule has 0 aliphatic heterocycles. The minimum absolute atomic E-state index is 0. The second kappa shape index (κ2) is 13.4. The third kappa shape index (κ3) is 8.79. The zero-order valence-electron chi connectivity index (χ0n) is 17.3. The summed E-state index contributed by atoms with van der Waals surface area (Å²) in [5.74, 6) is 1.77. The molecule has 2 N–H and O–H groups in total. The lowest BCUT2D eigenvalue weighted by atomic mass is 10.2. The van der Waals surface area contributed by atoms with E-state index in [2.05, 4.69) is 20.6 Å². The van der Waals surface area contributed by atoms with Crippen LogP contribution in [0.5, 0.6) is 11.6 Å². The van der Waals surface area contributed by atoms with E-state index >= 15 is 0 Å². The minimum atomic E-state index is -0.245. The highest BCUT2D eigenvalue weighted by Crippen LogP contribution is 2.10. The molecule has 0 fully saturated rings. The van der Waals surface area contributed by atoms with Crippen LogP contribution in [0.15, 0.2) is 77.9 Å². The van der Waals surface area contributed by atoms with Crippen LogP contribution in [-0.4, -0.2) is 31.2 Å². The van der Waals surface area contributed by atoms with Crippen molar-refractivity contribution in [3.8, 4) is 11.6 Å². The first-order chi connectivity index (χ1) is 14.7. The quantitative estimate of drug-likeness (QED) is 0.186. The Kier molecular flexibility index (Phi) is 10.6. The van der Waals surface area contributed by atoms with E-state index < -0.39 is 0 Å². The van der Waals surface area contributed by atoms with Crippen molar-refractivity contribution in [2.45, 2.75) is 13.1 Å². The molecule has 0 saturated carbocycles. The molecule has 0 spiro atoms. The van der Waals surface area contributed by atoms with Crippen LogP contribution in [0.25, 0.3) is 0 Å². The van der Waals surface area contributed by atoms with Gasteiger partial charge in [0.2, 0.25) is 5.88 Å². The number of hydrogen-bond donors (Lipinski definition) is 2. The van der Waals surface area contributed by atoms with Crippen LogP contribution in [0.1, 0.15) is 11.1 Å². The number of nitrogens with one attached hydrogen (secondary N) is 2. The van der Waals surface area contributed by atoms with E-state index in [1.165, 1.54) is 12.1 Å². The maximum Gasteiger partial charge on any atom is 0.213 e. The maximum absolute atomic E-state index is 13.0. The molecule has 0 saturated heterocycles. The molecule has 0 bridgehead atoms. The number of aromatic nitrogens is 1. The lowest BCUT2D eigenvalue weighted by molar-refractivity contribution is 0.212. The molecule has 3 rings (SSSR count). The number of aliphatic imine (C=N–C) groups is 1. The highest BCUT2D eigenvalue weighted by molar-refractivity contribution is 14.0. The summed E-state index contributed by atoms with van der Waals surface area (Å²) in [5, 5.41) is 6.41. The molecule has 8 heteroatoms. The van der Waals surface area contributed by atoms with E-state index in [1.54, 1.807) is 25.4 Å². The summed E-state index contributed by atoms with van der Waals surface area (Å²) in [6, 6.07) is 19.7. The van der Waals surface area contributed by atoms with Crippen LogP contribution in [0, 0.1) is 5.82 Å². The number of nitrogens with zero attached hydrogens (tertiary/aromatic N) is 2. The fourth-order valence-corrected chi connectivity index (χ4v) is 2.62. The normalized spacial score (nSPS) is 10.7. The number of pyridine rings is 1. The van der Waals surface area contributed by atoms with Crippen molar-refractivity contribution in [3.05, 3.63) is 89.9 Å². The van der Waals surface area contributed by atoms with Gasteiger partial charge in [-0.05, 0) is 35.4 Å². The smallest absolute Gasteiger partial charge is 0.213 e. The van der Waals surface area contributed by atoms with Crippen molar-refractivity contribution in [2.24, 2.45) is 4.99 Å². The Morgan fingerprint density at radius 3 is 2.16 bits per heavy atom. The maximum atomic E-state index is 13.0. The lowest BCUT2D eigenvalue weighted by Gasteiger charge is -2.12. The second-order valence-corrected chi connectivity index (χ2v) is 6.42. The molecule has 3 aromatic rings. The second-order valence-electron chi connectivity index (χ2n) is 6.42. The fraction of sp³-hybridized carbons (Fsp3) is 0.217. The van der Waals surface area contributed by atoms with E-state index in [0.717, 1.165) is 16.9 Å². The predicted molar refractivity (Wildman–Crippen MR) is 131 cm³/mol. The first-order valence-corrected chi connectivity index (χ1v) is 9.67. The Labute approximate surface area is 198 Å². The molecule has 0 radical (unpaired) electrons. The summed E-state index contributed by atoms with van der Waals surface area (Å²) >= 11 is 0.